The van der Waals surface area contributed by atoms with Gasteiger partial charge in [-0.25, -0.2) is 0 Å². The lowest BCUT2D eigenvalue weighted by Gasteiger charge is -2.13. The van der Waals surface area contributed by atoms with E-state index < -0.39 is 0 Å². The van der Waals surface area contributed by atoms with Crippen LogP contribution in [0.4, 0.5) is 0 Å². The van der Waals surface area contributed by atoms with Crippen LogP contribution in [0.3, 0.4) is 0 Å². The van der Waals surface area contributed by atoms with Gasteiger partial charge in [0.15, 0.2) is 5.96 Å². The Bertz CT molecular complexity index is 693. The number of rotatable bonds is 6. The molecule has 0 spiro atoms. The van der Waals surface area contributed by atoms with E-state index in [1.54, 1.807) is 7.05 Å². The number of aromatic nitrogens is 1. The Balaban J connectivity index is 1.97. The number of halogens is 2. The summed E-state index contributed by atoms with van der Waals surface area (Å²) >= 11 is 9.65. The third-order valence-corrected chi connectivity index (χ3v) is 4.57. The molecule has 1 heterocycles. The Labute approximate surface area is 156 Å². The smallest absolute Gasteiger partial charge is 0.191 e. The fraction of sp³-hybridized carbons (Fsp3) is 0.412. The first-order valence-electron chi connectivity index (χ1n) is 7.93. The molecule has 0 aliphatic heterocycles. The van der Waals surface area contributed by atoms with E-state index in [0.29, 0.717) is 24.1 Å². The molecule has 2 rings (SSSR count). The van der Waals surface area contributed by atoms with Gasteiger partial charge in [-0.15, -0.1) is 0 Å². The number of aliphatic imine (C=N–C) groups is 1. The summed E-state index contributed by atoms with van der Waals surface area (Å²) in [5, 5.41) is 11.4. The number of hydrogen-bond donors (Lipinski definition) is 2. The predicted octanol–water partition coefficient (Wildman–Crippen LogP) is 4.08. The van der Waals surface area contributed by atoms with Crippen LogP contribution >= 0.6 is 27.5 Å². The van der Waals surface area contributed by atoms with Crippen LogP contribution in [-0.4, -0.2) is 18.2 Å². The molecule has 1 aromatic heterocycles. The molecule has 0 atom stereocenters. The fourth-order valence-electron chi connectivity index (χ4n) is 2.37. The summed E-state index contributed by atoms with van der Waals surface area (Å²) in [5.41, 5.74) is 3.12. The van der Waals surface area contributed by atoms with Crippen molar-refractivity contribution in [3.8, 4) is 0 Å². The van der Waals surface area contributed by atoms with Gasteiger partial charge in [0.1, 0.15) is 5.76 Å². The summed E-state index contributed by atoms with van der Waals surface area (Å²) in [5.74, 6) is 1.63. The van der Waals surface area contributed by atoms with Gasteiger partial charge in [0.2, 0.25) is 0 Å². The molecule has 0 amide bonds. The summed E-state index contributed by atoms with van der Waals surface area (Å²) in [6.07, 6.45) is 1.67. The van der Waals surface area contributed by atoms with Crippen molar-refractivity contribution in [2.45, 2.75) is 39.8 Å². The first-order valence-corrected chi connectivity index (χ1v) is 9.10. The van der Waals surface area contributed by atoms with Crippen molar-refractivity contribution in [2.24, 2.45) is 4.99 Å². The minimum Gasteiger partial charge on any atom is -0.361 e. The molecule has 0 bridgehead atoms. The average Bonchev–Trinajstić information content (AvgIpc) is 2.98. The molecule has 0 fully saturated rings. The SMILES string of the molecule is CCc1noc(CC)c1CNC(=NC)NCc1ccc(Br)cc1Cl. The highest BCUT2D eigenvalue weighted by molar-refractivity contribution is 9.10. The van der Waals surface area contributed by atoms with E-state index in [0.717, 1.165) is 39.9 Å². The van der Waals surface area contributed by atoms with Crippen molar-refractivity contribution in [3.05, 3.63) is 50.3 Å². The van der Waals surface area contributed by atoms with Gasteiger partial charge in [0.25, 0.3) is 0 Å². The maximum Gasteiger partial charge on any atom is 0.191 e. The molecule has 0 radical (unpaired) electrons. The van der Waals surface area contributed by atoms with Crippen LogP contribution in [0.25, 0.3) is 0 Å². The zero-order valence-corrected chi connectivity index (χ0v) is 16.5. The molecule has 0 aliphatic carbocycles. The van der Waals surface area contributed by atoms with Crippen molar-refractivity contribution in [2.75, 3.05) is 7.05 Å². The molecule has 0 saturated heterocycles. The maximum atomic E-state index is 6.24. The molecule has 1 aromatic carbocycles. The number of nitrogens with one attached hydrogen (secondary N) is 2. The van der Waals surface area contributed by atoms with Gasteiger partial charge in [0, 0.05) is 41.6 Å². The van der Waals surface area contributed by atoms with E-state index >= 15 is 0 Å². The van der Waals surface area contributed by atoms with Gasteiger partial charge in [-0.1, -0.05) is 52.6 Å². The van der Waals surface area contributed by atoms with Crippen LogP contribution in [0.5, 0.6) is 0 Å². The van der Waals surface area contributed by atoms with Crippen LogP contribution < -0.4 is 10.6 Å². The van der Waals surface area contributed by atoms with Crippen molar-refractivity contribution in [1.29, 1.82) is 0 Å². The van der Waals surface area contributed by atoms with Gasteiger partial charge >= 0.3 is 0 Å². The van der Waals surface area contributed by atoms with E-state index in [1.807, 2.05) is 18.2 Å². The molecule has 5 nitrogen and oxygen atoms in total. The van der Waals surface area contributed by atoms with Crippen LogP contribution in [0.1, 0.15) is 36.4 Å². The van der Waals surface area contributed by atoms with Gasteiger partial charge in [0.05, 0.1) is 5.69 Å². The van der Waals surface area contributed by atoms with E-state index in [-0.39, 0.29) is 0 Å². The number of guanidine groups is 1. The van der Waals surface area contributed by atoms with Gasteiger partial charge < -0.3 is 15.2 Å². The molecule has 2 N–H and O–H groups in total. The molecule has 0 saturated carbocycles. The normalized spacial score (nSPS) is 11.6. The third kappa shape index (κ3) is 4.74. The summed E-state index contributed by atoms with van der Waals surface area (Å²) in [4.78, 5) is 4.25. The van der Waals surface area contributed by atoms with Crippen LogP contribution in [0.2, 0.25) is 5.02 Å². The van der Waals surface area contributed by atoms with Crippen LogP contribution in [-0.2, 0) is 25.9 Å². The highest BCUT2D eigenvalue weighted by atomic mass is 79.9. The lowest BCUT2D eigenvalue weighted by Crippen LogP contribution is -2.36. The summed E-state index contributed by atoms with van der Waals surface area (Å²) < 4.78 is 6.35. The Morgan fingerprint density at radius 1 is 1.25 bits per heavy atom. The van der Waals surface area contributed by atoms with E-state index in [9.17, 15) is 0 Å². The second kappa shape index (κ2) is 9.08. The van der Waals surface area contributed by atoms with E-state index in [2.05, 4.69) is 50.6 Å². The quantitative estimate of drug-likeness (QED) is 0.553. The standard InChI is InChI=1S/C17H22BrClN4O/c1-4-15-13(16(5-2)24-23-15)10-22-17(20-3)21-9-11-6-7-12(18)8-14(11)19/h6-8H,4-5,9-10H2,1-3H3,(H2,20,21,22). The topological polar surface area (TPSA) is 62.5 Å². The Hall–Kier alpha value is -1.53. The van der Waals surface area contributed by atoms with Crippen LogP contribution in [0, 0.1) is 0 Å². The Kier molecular flexibility index (Phi) is 7.12. The van der Waals surface area contributed by atoms with E-state index in [4.69, 9.17) is 16.1 Å². The summed E-state index contributed by atoms with van der Waals surface area (Å²) in [7, 11) is 1.74. The van der Waals surface area contributed by atoms with Crippen molar-refractivity contribution < 1.29 is 4.52 Å². The first kappa shape index (κ1) is 18.8. The second-order valence-electron chi connectivity index (χ2n) is 5.25. The molecular weight excluding hydrogens is 392 g/mol. The number of benzene rings is 1. The minimum atomic E-state index is 0.594. The maximum absolute atomic E-state index is 6.24. The molecule has 0 aliphatic rings. The lowest BCUT2D eigenvalue weighted by atomic mass is 10.1. The number of hydrogen-bond acceptors (Lipinski definition) is 3. The zero-order valence-electron chi connectivity index (χ0n) is 14.1. The fourth-order valence-corrected chi connectivity index (χ4v) is 3.11. The lowest BCUT2D eigenvalue weighted by molar-refractivity contribution is 0.380. The average molecular weight is 414 g/mol. The predicted molar refractivity (Wildman–Crippen MR) is 101 cm³/mol. The zero-order chi connectivity index (χ0) is 17.5. The highest BCUT2D eigenvalue weighted by Gasteiger charge is 2.13. The van der Waals surface area contributed by atoms with Crippen molar-refractivity contribution in [1.82, 2.24) is 15.8 Å². The first-order chi connectivity index (χ1) is 11.6. The third-order valence-electron chi connectivity index (χ3n) is 3.72. The molecule has 2 aromatic rings. The van der Waals surface area contributed by atoms with Gasteiger partial charge in [-0.05, 0) is 24.1 Å². The minimum absolute atomic E-state index is 0.594. The van der Waals surface area contributed by atoms with Crippen molar-refractivity contribution >= 4 is 33.5 Å². The molecular formula is C17H22BrClN4O. The van der Waals surface area contributed by atoms with E-state index in [1.165, 1.54) is 0 Å². The molecule has 0 unspecified atom stereocenters. The molecule has 130 valence electrons. The molecule has 7 heteroatoms. The van der Waals surface area contributed by atoms with Crippen molar-refractivity contribution in [3.63, 3.8) is 0 Å². The summed E-state index contributed by atoms with van der Waals surface area (Å²) in [6, 6.07) is 5.83. The Morgan fingerprint density at radius 3 is 2.62 bits per heavy atom. The second-order valence-corrected chi connectivity index (χ2v) is 6.58. The Morgan fingerprint density at radius 2 is 2.00 bits per heavy atom. The number of aryl methyl sites for hydroxylation is 2. The largest absolute Gasteiger partial charge is 0.361 e. The number of nitrogens with zero attached hydrogens (tertiary/aromatic N) is 2. The van der Waals surface area contributed by atoms with Crippen LogP contribution in [0.15, 0.2) is 32.2 Å². The summed E-state index contributed by atoms with van der Waals surface area (Å²) in [6.45, 7) is 5.36. The monoisotopic (exact) mass is 412 g/mol. The van der Waals surface area contributed by atoms with Gasteiger partial charge in [-0.3, -0.25) is 4.99 Å². The van der Waals surface area contributed by atoms with Gasteiger partial charge in [-0.2, -0.15) is 0 Å². The molecule has 24 heavy (non-hydrogen) atoms. The highest BCUT2D eigenvalue weighted by Crippen LogP contribution is 2.21.